The predicted molar refractivity (Wildman–Crippen MR) is 80.0 cm³/mol. The van der Waals surface area contributed by atoms with E-state index in [9.17, 15) is 15.0 Å². The SMILES string of the molecule is CCCC(O)CNC(=O)CC(O)c1cc(Cl)cc(Cl)c1. The van der Waals surface area contributed by atoms with Crippen LogP contribution in [0.25, 0.3) is 0 Å². The van der Waals surface area contributed by atoms with Crippen LogP contribution >= 0.6 is 23.2 Å². The number of halogens is 2. The van der Waals surface area contributed by atoms with E-state index in [1.165, 1.54) is 0 Å². The van der Waals surface area contributed by atoms with Crippen LogP contribution in [0, 0.1) is 0 Å². The molecule has 20 heavy (non-hydrogen) atoms. The van der Waals surface area contributed by atoms with Crippen molar-refractivity contribution in [2.24, 2.45) is 0 Å². The van der Waals surface area contributed by atoms with Crippen molar-refractivity contribution in [3.05, 3.63) is 33.8 Å². The Morgan fingerprint density at radius 3 is 2.40 bits per heavy atom. The van der Waals surface area contributed by atoms with Crippen molar-refractivity contribution in [2.75, 3.05) is 6.54 Å². The van der Waals surface area contributed by atoms with Crippen LogP contribution in [0.15, 0.2) is 18.2 Å². The van der Waals surface area contributed by atoms with Gasteiger partial charge in [0.25, 0.3) is 0 Å². The van der Waals surface area contributed by atoms with Crippen molar-refractivity contribution >= 4 is 29.1 Å². The Kier molecular flexibility index (Phi) is 7.30. The van der Waals surface area contributed by atoms with Crippen LogP contribution in [0.4, 0.5) is 0 Å². The number of aliphatic hydroxyl groups is 2. The molecule has 2 atom stereocenters. The minimum absolute atomic E-state index is 0.102. The van der Waals surface area contributed by atoms with Crippen molar-refractivity contribution in [2.45, 2.75) is 38.4 Å². The van der Waals surface area contributed by atoms with Gasteiger partial charge >= 0.3 is 0 Å². The molecule has 112 valence electrons. The van der Waals surface area contributed by atoms with Gasteiger partial charge in [-0.3, -0.25) is 4.79 Å². The lowest BCUT2D eigenvalue weighted by Gasteiger charge is -2.14. The van der Waals surface area contributed by atoms with Gasteiger partial charge in [0.05, 0.1) is 18.6 Å². The molecule has 0 fully saturated rings. The molecule has 0 radical (unpaired) electrons. The molecule has 0 aliphatic rings. The maximum Gasteiger partial charge on any atom is 0.223 e. The number of hydrogen-bond donors (Lipinski definition) is 3. The number of hydrogen-bond acceptors (Lipinski definition) is 3. The maximum absolute atomic E-state index is 11.7. The molecule has 0 saturated heterocycles. The zero-order valence-electron chi connectivity index (χ0n) is 11.3. The number of carbonyl (C=O) groups is 1. The van der Waals surface area contributed by atoms with E-state index >= 15 is 0 Å². The smallest absolute Gasteiger partial charge is 0.223 e. The van der Waals surface area contributed by atoms with Gasteiger partial charge in [-0.2, -0.15) is 0 Å². The second kappa shape index (κ2) is 8.47. The maximum atomic E-state index is 11.7. The summed E-state index contributed by atoms with van der Waals surface area (Å²) in [6.45, 7) is 2.15. The van der Waals surface area contributed by atoms with Crippen LogP contribution < -0.4 is 5.32 Å². The normalized spacial score (nSPS) is 13.8. The third-order valence-corrected chi connectivity index (χ3v) is 3.24. The zero-order chi connectivity index (χ0) is 15.1. The van der Waals surface area contributed by atoms with E-state index in [2.05, 4.69) is 5.32 Å². The van der Waals surface area contributed by atoms with Gasteiger partial charge in [-0.1, -0.05) is 36.5 Å². The minimum Gasteiger partial charge on any atom is -0.391 e. The Bertz CT molecular complexity index is 434. The van der Waals surface area contributed by atoms with Crippen molar-refractivity contribution in [1.82, 2.24) is 5.32 Å². The fourth-order valence-electron chi connectivity index (χ4n) is 1.80. The second-order valence-electron chi connectivity index (χ2n) is 4.67. The third-order valence-electron chi connectivity index (χ3n) is 2.81. The molecule has 4 nitrogen and oxygen atoms in total. The molecule has 0 aromatic heterocycles. The van der Waals surface area contributed by atoms with Gasteiger partial charge in [-0.15, -0.1) is 0 Å². The number of amides is 1. The highest BCUT2D eigenvalue weighted by atomic mass is 35.5. The molecule has 1 aromatic rings. The molecular weight excluding hydrogens is 301 g/mol. The van der Waals surface area contributed by atoms with Crippen LogP contribution in [-0.4, -0.2) is 28.8 Å². The van der Waals surface area contributed by atoms with Crippen LogP contribution in [-0.2, 0) is 4.79 Å². The Balaban J connectivity index is 2.48. The summed E-state index contributed by atoms with van der Waals surface area (Å²) in [4.78, 5) is 11.7. The molecule has 3 N–H and O–H groups in total. The number of aliphatic hydroxyl groups excluding tert-OH is 2. The van der Waals surface area contributed by atoms with Crippen molar-refractivity contribution in [3.63, 3.8) is 0 Å². The molecule has 1 rings (SSSR count). The quantitative estimate of drug-likeness (QED) is 0.723. The van der Waals surface area contributed by atoms with Gasteiger partial charge in [0.2, 0.25) is 5.91 Å². The van der Waals surface area contributed by atoms with Gasteiger partial charge in [0.1, 0.15) is 0 Å². The third kappa shape index (κ3) is 6.09. The van der Waals surface area contributed by atoms with Crippen molar-refractivity contribution in [3.8, 4) is 0 Å². The van der Waals surface area contributed by atoms with Crippen molar-refractivity contribution in [1.29, 1.82) is 0 Å². The molecule has 0 aliphatic heterocycles. The van der Waals surface area contributed by atoms with E-state index in [0.29, 0.717) is 22.0 Å². The average Bonchev–Trinajstić information content (AvgIpc) is 2.35. The topological polar surface area (TPSA) is 69.6 Å². The summed E-state index contributed by atoms with van der Waals surface area (Å²) >= 11 is 11.7. The fourth-order valence-corrected chi connectivity index (χ4v) is 2.34. The van der Waals surface area contributed by atoms with E-state index in [4.69, 9.17) is 23.2 Å². The summed E-state index contributed by atoms with van der Waals surface area (Å²) in [6, 6.07) is 4.69. The first-order chi connectivity index (χ1) is 9.42. The summed E-state index contributed by atoms with van der Waals surface area (Å²) in [5, 5.41) is 22.9. The molecule has 2 unspecified atom stereocenters. The van der Waals surface area contributed by atoms with Gasteiger partial charge in [0.15, 0.2) is 0 Å². The Hall–Kier alpha value is -0.810. The van der Waals surface area contributed by atoms with Gasteiger partial charge in [-0.25, -0.2) is 0 Å². The molecule has 0 saturated carbocycles. The van der Waals surface area contributed by atoms with Gasteiger partial charge < -0.3 is 15.5 Å². The number of benzene rings is 1. The lowest BCUT2D eigenvalue weighted by Crippen LogP contribution is -2.32. The summed E-state index contributed by atoms with van der Waals surface area (Å²) in [7, 11) is 0. The largest absolute Gasteiger partial charge is 0.391 e. The first-order valence-corrected chi connectivity index (χ1v) is 7.26. The molecule has 1 aromatic carbocycles. The van der Waals surface area contributed by atoms with E-state index in [1.54, 1.807) is 18.2 Å². The summed E-state index contributed by atoms with van der Waals surface area (Å²) in [5.41, 5.74) is 0.492. The molecule has 0 spiro atoms. The summed E-state index contributed by atoms with van der Waals surface area (Å²) in [5.74, 6) is -0.330. The molecule has 0 aliphatic carbocycles. The monoisotopic (exact) mass is 319 g/mol. The predicted octanol–water partition coefficient (Wildman–Crippen LogP) is 2.69. The summed E-state index contributed by atoms with van der Waals surface area (Å²) in [6.07, 6.45) is -0.153. The standard InChI is InChI=1S/C14H19Cl2NO3/c1-2-3-12(18)8-17-14(20)7-13(19)9-4-10(15)6-11(16)5-9/h4-6,12-13,18-19H,2-3,7-8H2,1H3,(H,17,20). The minimum atomic E-state index is -0.977. The molecule has 6 heteroatoms. The van der Waals surface area contributed by atoms with E-state index in [-0.39, 0.29) is 18.9 Å². The highest BCUT2D eigenvalue weighted by molar-refractivity contribution is 6.34. The van der Waals surface area contributed by atoms with Crippen LogP contribution in [0.5, 0.6) is 0 Å². The second-order valence-corrected chi connectivity index (χ2v) is 5.54. The Morgan fingerprint density at radius 1 is 1.25 bits per heavy atom. The van der Waals surface area contributed by atoms with Gasteiger partial charge in [0, 0.05) is 16.6 Å². The highest BCUT2D eigenvalue weighted by Gasteiger charge is 2.15. The number of carbonyl (C=O) groups excluding carboxylic acids is 1. The molecule has 0 heterocycles. The summed E-state index contributed by atoms with van der Waals surface area (Å²) < 4.78 is 0. The zero-order valence-corrected chi connectivity index (χ0v) is 12.8. The lowest BCUT2D eigenvalue weighted by atomic mass is 10.1. The first-order valence-electron chi connectivity index (χ1n) is 6.51. The lowest BCUT2D eigenvalue weighted by molar-refractivity contribution is -0.123. The Morgan fingerprint density at radius 2 is 1.85 bits per heavy atom. The number of nitrogens with one attached hydrogen (secondary N) is 1. The fraction of sp³-hybridized carbons (Fsp3) is 0.500. The van der Waals surface area contributed by atoms with E-state index in [0.717, 1.165) is 6.42 Å². The van der Waals surface area contributed by atoms with Crippen molar-refractivity contribution < 1.29 is 15.0 Å². The van der Waals surface area contributed by atoms with Crippen LogP contribution in [0.2, 0.25) is 10.0 Å². The van der Waals surface area contributed by atoms with Crippen LogP contribution in [0.1, 0.15) is 37.9 Å². The number of rotatable bonds is 7. The first kappa shape index (κ1) is 17.2. The Labute approximate surface area is 128 Å². The molecule has 1 amide bonds. The van der Waals surface area contributed by atoms with Crippen LogP contribution in [0.3, 0.4) is 0 Å². The average molecular weight is 320 g/mol. The molecular formula is C14H19Cl2NO3. The molecule has 0 bridgehead atoms. The van der Waals surface area contributed by atoms with E-state index in [1.807, 2.05) is 6.92 Å². The van der Waals surface area contributed by atoms with Gasteiger partial charge in [-0.05, 0) is 30.2 Å². The van der Waals surface area contributed by atoms with E-state index < -0.39 is 12.2 Å². The highest BCUT2D eigenvalue weighted by Crippen LogP contribution is 2.25.